The van der Waals surface area contributed by atoms with E-state index in [1.807, 2.05) is 44.2 Å². The van der Waals surface area contributed by atoms with E-state index in [0.29, 0.717) is 23.9 Å². The molecule has 1 aliphatic heterocycles. The molecule has 2 atom stereocenters. The minimum absolute atomic E-state index is 0.102. The number of piperidine rings is 1. The molecule has 0 spiro atoms. The third-order valence-corrected chi connectivity index (χ3v) is 6.79. The molecule has 0 bridgehead atoms. The molecule has 3 heterocycles. The summed E-state index contributed by atoms with van der Waals surface area (Å²) in [7, 11) is 0. The van der Waals surface area contributed by atoms with Crippen molar-refractivity contribution in [2.75, 3.05) is 0 Å². The van der Waals surface area contributed by atoms with E-state index in [-0.39, 0.29) is 11.5 Å². The van der Waals surface area contributed by atoms with Crippen molar-refractivity contribution in [2.24, 2.45) is 0 Å². The lowest BCUT2D eigenvalue weighted by molar-refractivity contribution is -0.137. The molecule has 164 valence electrons. The molecular formula is C25H32N4O2. The van der Waals surface area contributed by atoms with Crippen LogP contribution in [0.2, 0.25) is 0 Å². The van der Waals surface area contributed by atoms with Gasteiger partial charge in [0.2, 0.25) is 5.91 Å². The maximum Gasteiger partial charge on any atom is 0.281 e. The first-order valence-electron chi connectivity index (χ1n) is 11.3. The van der Waals surface area contributed by atoms with Crippen LogP contribution in [0.1, 0.15) is 57.3 Å². The molecular weight excluding hydrogens is 388 g/mol. The fourth-order valence-corrected chi connectivity index (χ4v) is 5.13. The van der Waals surface area contributed by atoms with Crippen LogP contribution in [0.5, 0.6) is 0 Å². The highest BCUT2D eigenvalue weighted by Gasteiger charge is 2.28. The van der Waals surface area contributed by atoms with E-state index >= 15 is 0 Å². The third-order valence-electron chi connectivity index (χ3n) is 6.79. The van der Waals surface area contributed by atoms with E-state index in [0.717, 1.165) is 48.3 Å². The zero-order valence-electron chi connectivity index (χ0n) is 19.0. The number of likely N-dealkylation sites (tertiary alicyclic amines) is 1. The Bertz CT molecular complexity index is 1140. The summed E-state index contributed by atoms with van der Waals surface area (Å²) in [5.41, 5.74) is 2.63. The normalized spacial score (nSPS) is 19.2. The fraction of sp³-hybridized carbons (Fsp3) is 0.480. The van der Waals surface area contributed by atoms with Crippen LogP contribution in [0.15, 0.2) is 41.3 Å². The number of amides is 1. The molecule has 4 rings (SSSR count). The summed E-state index contributed by atoms with van der Waals surface area (Å²) in [4.78, 5) is 28.1. The molecule has 1 saturated heterocycles. The van der Waals surface area contributed by atoms with Crippen molar-refractivity contribution < 1.29 is 4.79 Å². The summed E-state index contributed by atoms with van der Waals surface area (Å²) in [5.74, 6) is 0.250. The predicted octanol–water partition coefficient (Wildman–Crippen LogP) is 4.37. The van der Waals surface area contributed by atoms with Gasteiger partial charge in [-0.15, -0.1) is 0 Å². The Balaban J connectivity index is 1.55. The molecule has 0 unspecified atom stereocenters. The highest BCUT2D eigenvalue weighted by Crippen LogP contribution is 2.25. The summed E-state index contributed by atoms with van der Waals surface area (Å²) < 4.78 is 3.63. The fourth-order valence-electron chi connectivity index (χ4n) is 5.13. The average Bonchev–Trinajstić information content (AvgIpc) is 3.00. The Morgan fingerprint density at radius 1 is 1.06 bits per heavy atom. The van der Waals surface area contributed by atoms with Crippen molar-refractivity contribution >= 4 is 16.7 Å². The Morgan fingerprint density at radius 2 is 1.74 bits per heavy atom. The first-order chi connectivity index (χ1) is 14.9. The van der Waals surface area contributed by atoms with Crippen LogP contribution in [0.25, 0.3) is 16.5 Å². The second-order valence-electron chi connectivity index (χ2n) is 8.84. The highest BCUT2D eigenvalue weighted by molar-refractivity contribution is 5.87. The van der Waals surface area contributed by atoms with Crippen LogP contribution in [-0.4, -0.2) is 37.2 Å². The number of fused-ring (bicyclic) bond motifs is 1. The topological polar surface area (TPSA) is 60.1 Å². The highest BCUT2D eigenvalue weighted by atomic mass is 16.2. The molecule has 1 amide bonds. The van der Waals surface area contributed by atoms with Crippen molar-refractivity contribution in [1.29, 1.82) is 0 Å². The first-order valence-corrected chi connectivity index (χ1v) is 11.3. The standard InChI is InChI=1S/C25H32N4O2/c1-17-10-8-11-18(2)28(17)23(30)14-9-15-27-19(3)22-16-26-29(21-12-6-5-7-13-21)25(31)24(22)20(27)4/h5-7,12-13,16-18H,8-11,14-15H2,1-4H3/t17-,18-/m0/s1. The number of hydrogen-bond acceptors (Lipinski definition) is 3. The zero-order valence-corrected chi connectivity index (χ0v) is 19.0. The van der Waals surface area contributed by atoms with E-state index in [1.54, 1.807) is 6.20 Å². The Morgan fingerprint density at radius 3 is 2.42 bits per heavy atom. The molecule has 1 fully saturated rings. The molecule has 0 radical (unpaired) electrons. The SMILES string of the molecule is Cc1c2cnn(-c3ccccc3)c(=O)c2c(C)n1CCCC(=O)N1[C@@H](C)CCC[C@@H]1C. The monoisotopic (exact) mass is 420 g/mol. The van der Waals surface area contributed by atoms with Crippen LogP contribution in [-0.2, 0) is 11.3 Å². The second kappa shape index (κ2) is 8.69. The molecule has 0 aliphatic carbocycles. The number of para-hydroxylation sites is 1. The third kappa shape index (κ3) is 3.91. The summed E-state index contributed by atoms with van der Waals surface area (Å²) in [6, 6.07) is 10.1. The Labute approximate surface area is 183 Å². The van der Waals surface area contributed by atoms with Crippen LogP contribution >= 0.6 is 0 Å². The van der Waals surface area contributed by atoms with Crippen LogP contribution in [0.3, 0.4) is 0 Å². The van der Waals surface area contributed by atoms with Gasteiger partial charge in [0.15, 0.2) is 0 Å². The van der Waals surface area contributed by atoms with Gasteiger partial charge in [0.05, 0.1) is 17.3 Å². The number of aryl methyl sites for hydroxylation is 2. The van der Waals surface area contributed by atoms with Gasteiger partial charge < -0.3 is 9.47 Å². The Hall–Kier alpha value is -2.89. The van der Waals surface area contributed by atoms with Gasteiger partial charge in [0.1, 0.15) is 0 Å². The van der Waals surface area contributed by atoms with E-state index in [9.17, 15) is 9.59 Å². The molecule has 1 aromatic carbocycles. The summed E-state index contributed by atoms with van der Waals surface area (Å²) in [5, 5.41) is 6.01. The lowest BCUT2D eigenvalue weighted by atomic mass is 9.97. The molecule has 1 aliphatic rings. The van der Waals surface area contributed by atoms with Crippen LogP contribution in [0.4, 0.5) is 0 Å². The van der Waals surface area contributed by atoms with Crippen molar-refractivity contribution in [2.45, 2.75) is 78.4 Å². The minimum Gasteiger partial charge on any atom is -0.348 e. The zero-order chi connectivity index (χ0) is 22.1. The number of carbonyl (C=O) groups is 1. The molecule has 31 heavy (non-hydrogen) atoms. The van der Waals surface area contributed by atoms with Crippen molar-refractivity contribution in [1.82, 2.24) is 19.2 Å². The number of benzene rings is 1. The number of hydrogen-bond donors (Lipinski definition) is 0. The number of nitrogens with zero attached hydrogens (tertiary/aromatic N) is 4. The number of aromatic nitrogens is 3. The molecule has 6 heteroatoms. The van der Waals surface area contributed by atoms with Gasteiger partial charge in [0.25, 0.3) is 5.56 Å². The summed E-state index contributed by atoms with van der Waals surface area (Å²) in [6.45, 7) is 9.05. The molecule has 6 nitrogen and oxygen atoms in total. The van der Waals surface area contributed by atoms with Gasteiger partial charge in [-0.3, -0.25) is 9.59 Å². The van der Waals surface area contributed by atoms with Crippen molar-refractivity contribution in [3.8, 4) is 5.69 Å². The number of rotatable bonds is 5. The second-order valence-corrected chi connectivity index (χ2v) is 8.84. The summed E-state index contributed by atoms with van der Waals surface area (Å²) >= 11 is 0. The molecule has 0 saturated carbocycles. The minimum atomic E-state index is -0.102. The van der Waals surface area contributed by atoms with Gasteiger partial charge >= 0.3 is 0 Å². The smallest absolute Gasteiger partial charge is 0.281 e. The van der Waals surface area contributed by atoms with E-state index < -0.39 is 0 Å². The maximum atomic E-state index is 13.2. The maximum absolute atomic E-state index is 13.2. The van der Waals surface area contributed by atoms with E-state index in [1.165, 1.54) is 11.1 Å². The molecule has 0 N–H and O–H groups in total. The van der Waals surface area contributed by atoms with E-state index in [4.69, 9.17) is 0 Å². The molecule has 2 aromatic heterocycles. The van der Waals surface area contributed by atoms with Crippen molar-refractivity contribution in [3.63, 3.8) is 0 Å². The van der Waals surface area contributed by atoms with Crippen LogP contribution in [0, 0.1) is 13.8 Å². The largest absolute Gasteiger partial charge is 0.348 e. The van der Waals surface area contributed by atoms with Gasteiger partial charge in [-0.25, -0.2) is 0 Å². The summed E-state index contributed by atoms with van der Waals surface area (Å²) in [6.07, 6.45) is 6.47. The van der Waals surface area contributed by atoms with Gasteiger partial charge in [-0.05, 0) is 65.5 Å². The Kier molecular flexibility index (Phi) is 5.99. The lowest BCUT2D eigenvalue weighted by Crippen LogP contribution is -2.47. The van der Waals surface area contributed by atoms with Crippen molar-refractivity contribution in [3.05, 3.63) is 58.3 Å². The van der Waals surface area contributed by atoms with E-state index in [2.05, 4.69) is 28.4 Å². The average molecular weight is 421 g/mol. The van der Waals surface area contributed by atoms with Gasteiger partial charge in [-0.2, -0.15) is 9.78 Å². The predicted molar refractivity (Wildman–Crippen MR) is 124 cm³/mol. The molecule has 3 aromatic rings. The van der Waals surface area contributed by atoms with Gasteiger partial charge in [-0.1, -0.05) is 18.2 Å². The lowest BCUT2D eigenvalue weighted by Gasteiger charge is -2.39. The first kappa shape index (κ1) is 21.3. The number of carbonyl (C=O) groups excluding carboxylic acids is 1. The quantitative estimate of drug-likeness (QED) is 0.616. The van der Waals surface area contributed by atoms with Gasteiger partial charge in [0, 0.05) is 41.8 Å². The van der Waals surface area contributed by atoms with Crippen LogP contribution < -0.4 is 5.56 Å².